The molecule has 2 aliphatic heterocycles. The number of likely N-dealkylation sites (tertiary alicyclic amines) is 1. The maximum atomic E-state index is 13.6. The van der Waals surface area contributed by atoms with Crippen molar-refractivity contribution in [2.24, 2.45) is 0 Å². The van der Waals surface area contributed by atoms with E-state index in [9.17, 15) is 22.2 Å². The van der Waals surface area contributed by atoms with Gasteiger partial charge in [-0.05, 0) is 78.1 Å². The zero-order valence-corrected chi connectivity index (χ0v) is 24.3. The fraction of sp³-hybridized carbons (Fsp3) is 0.387. The standard InChI is InChI=1S/C31H35FN2O6S/c1-4-39-29-18-28(22-5-7-24(32)8-6-22)27(21(2)3)17-23(29)19-33-15-13-31(14-16-33)20-34(30(35)40-31)25-9-11-26(12-10-25)41(36,37)38/h5-12,17-18,21H,4,13-16,19-20H2,1-3H3,(H,36,37,38). The minimum Gasteiger partial charge on any atom is -0.494 e. The van der Waals surface area contributed by atoms with Gasteiger partial charge < -0.3 is 9.47 Å². The van der Waals surface area contributed by atoms with Crippen molar-refractivity contribution in [3.63, 3.8) is 0 Å². The molecule has 0 unspecified atom stereocenters. The van der Waals surface area contributed by atoms with Gasteiger partial charge in [0.05, 0.1) is 18.0 Å². The van der Waals surface area contributed by atoms with E-state index in [1.807, 2.05) is 6.92 Å². The molecule has 0 radical (unpaired) electrons. The third-order valence-electron chi connectivity index (χ3n) is 7.89. The Morgan fingerprint density at radius 1 is 1.05 bits per heavy atom. The largest absolute Gasteiger partial charge is 0.494 e. The molecule has 0 aliphatic carbocycles. The van der Waals surface area contributed by atoms with Crippen molar-refractivity contribution in [1.29, 1.82) is 0 Å². The Kier molecular flexibility index (Phi) is 8.09. The highest BCUT2D eigenvalue weighted by atomic mass is 32.2. The number of anilines is 1. The fourth-order valence-corrected chi connectivity index (χ4v) is 6.13. The number of benzene rings is 3. The number of rotatable bonds is 8. The summed E-state index contributed by atoms with van der Waals surface area (Å²) in [6.07, 6.45) is 0.856. The topological polar surface area (TPSA) is 96.4 Å². The second kappa shape index (κ2) is 11.4. The van der Waals surface area contributed by atoms with E-state index in [0.29, 0.717) is 38.2 Å². The van der Waals surface area contributed by atoms with Crippen LogP contribution in [0.4, 0.5) is 14.9 Å². The molecule has 3 aromatic rings. The first kappa shape index (κ1) is 29.0. The Labute approximate surface area is 240 Å². The van der Waals surface area contributed by atoms with Crippen LogP contribution < -0.4 is 9.64 Å². The number of carbonyl (C=O) groups excluding carboxylic acids is 1. The Bertz CT molecular complexity index is 1520. The highest BCUT2D eigenvalue weighted by molar-refractivity contribution is 7.85. The van der Waals surface area contributed by atoms with Crippen LogP contribution in [-0.4, -0.2) is 55.8 Å². The second-order valence-electron chi connectivity index (χ2n) is 11.0. The summed E-state index contributed by atoms with van der Waals surface area (Å²) in [7, 11) is -4.31. The number of halogens is 1. The third-order valence-corrected chi connectivity index (χ3v) is 8.76. The van der Waals surface area contributed by atoms with Crippen LogP contribution in [0.2, 0.25) is 0 Å². The lowest BCUT2D eigenvalue weighted by atomic mass is 9.89. The second-order valence-corrected chi connectivity index (χ2v) is 12.4. The van der Waals surface area contributed by atoms with E-state index in [1.165, 1.54) is 46.9 Å². The molecule has 1 N–H and O–H groups in total. The third kappa shape index (κ3) is 6.24. The van der Waals surface area contributed by atoms with Crippen molar-refractivity contribution in [2.75, 3.05) is 31.1 Å². The van der Waals surface area contributed by atoms with Gasteiger partial charge in [-0.25, -0.2) is 9.18 Å². The number of carbonyl (C=O) groups is 1. The van der Waals surface area contributed by atoms with Gasteiger partial charge in [0.2, 0.25) is 0 Å². The van der Waals surface area contributed by atoms with Gasteiger partial charge in [0, 0.05) is 43.7 Å². The molecule has 2 saturated heterocycles. The van der Waals surface area contributed by atoms with Gasteiger partial charge in [-0.15, -0.1) is 0 Å². The number of hydrogen-bond acceptors (Lipinski definition) is 6. The maximum absolute atomic E-state index is 13.6. The summed E-state index contributed by atoms with van der Waals surface area (Å²) < 4.78 is 57.5. The average molecular weight is 583 g/mol. The zero-order chi connectivity index (χ0) is 29.4. The van der Waals surface area contributed by atoms with Crippen LogP contribution in [0.15, 0.2) is 65.6 Å². The first-order valence-electron chi connectivity index (χ1n) is 13.8. The van der Waals surface area contributed by atoms with Gasteiger partial charge >= 0.3 is 6.09 Å². The average Bonchev–Trinajstić information content (AvgIpc) is 3.26. The molecule has 1 spiro atoms. The zero-order valence-electron chi connectivity index (χ0n) is 23.5. The van der Waals surface area contributed by atoms with Crippen LogP contribution in [0.5, 0.6) is 5.75 Å². The van der Waals surface area contributed by atoms with Crippen molar-refractivity contribution >= 4 is 21.9 Å². The number of nitrogens with zero attached hydrogens (tertiary/aromatic N) is 2. The maximum Gasteiger partial charge on any atom is 0.415 e. The molecule has 1 amide bonds. The van der Waals surface area contributed by atoms with E-state index >= 15 is 0 Å². The molecule has 3 aromatic carbocycles. The normalized spacial score (nSPS) is 17.3. The van der Waals surface area contributed by atoms with Gasteiger partial charge in [-0.3, -0.25) is 14.4 Å². The Balaban J connectivity index is 1.31. The van der Waals surface area contributed by atoms with Crippen molar-refractivity contribution in [1.82, 2.24) is 4.90 Å². The fourth-order valence-electron chi connectivity index (χ4n) is 5.65. The molecule has 8 nitrogen and oxygen atoms in total. The van der Waals surface area contributed by atoms with E-state index < -0.39 is 21.8 Å². The summed E-state index contributed by atoms with van der Waals surface area (Å²) in [5.41, 5.74) is 4.14. The molecule has 218 valence electrons. The minimum atomic E-state index is -4.31. The van der Waals surface area contributed by atoms with E-state index in [4.69, 9.17) is 9.47 Å². The molecule has 0 aromatic heterocycles. The van der Waals surface area contributed by atoms with E-state index in [-0.39, 0.29) is 16.6 Å². The van der Waals surface area contributed by atoms with E-state index in [0.717, 1.165) is 35.5 Å². The first-order valence-corrected chi connectivity index (χ1v) is 15.3. The van der Waals surface area contributed by atoms with Crippen LogP contribution in [0.1, 0.15) is 50.7 Å². The van der Waals surface area contributed by atoms with E-state index in [1.54, 1.807) is 12.1 Å². The highest BCUT2D eigenvalue weighted by Gasteiger charge is 2.47. The summed E-state index contributed by atoms with van der Waals surface area (Å²) in [5.74, 6) is 0.795. The SMILES string of the molecule is CCOc1cc(-c2ccc(F)cc2)c(C(C)C)cc1CN1CCC2(CC1)CN(c1ccc(S(=O)(=O)O)cc1)C(=O)O2. The molecule has 10 heteroatoms. The summed E-state index contributed by atoms with van der Waals surface area (Å²) in [6.45, 7) is 9.29. The number of amides is 1. The molecule has 2 fully saturated rings. The minimum absolute atomic E-state index is 0.227. The predicted molar refractivity (Wildman–Crippen MR) is 154 cm³/mol. The summed E-state index contributed by atoms with van der Waals surface area (Å²) in [5, 5.41) is 0. The van der Waals surface area contributed by atoms with Crippen LogP contribution in [0, 0.1) is 5.82 Å². The van der Waals surface area contributed by atoms with Crippen LogP contribution in [0.25, 0.3) is 11.1 Å². The molecule has 2 aliphatic rings. The monoisotopic (exact) mass is 582 g/mol. The van der Waals surface area contributed by atoms with Gasteiger partial charge in [0.15, 0.2) is 0 Å². The molecular weight excluding hydrogens is 547 g/mol. The molecule has 5 rings (SSSR count). The molecule has 2 heterocycles. The van der Waals surface area contributed by atoms with Crippen molar-refractivity contribution < 1.29 is 31.6 Å². The Morgan fingerprint density at radius 3 is 2.29 bits per heavy atom. The van der Waals surface area contributed by atoms with Crippen LogP contribution in [0.3, 0.4) is 0 Å². The Hall–Kier alpha value is -3.47. The molecule has 0 atom stereocenters. The quantitative estimate of drug-likeness (QED) is 0.314. The molecule has 41 heavy (non-hydrogen) atoms. The van der Waals surface area contributed by atoms with Crippen molar-refractivity contribution in [2.45, 2.75) is 56.6 Å². The van der Waals surface area contributed by atoms with Crippen LogP contribution in [-0.2, 0) is 21.4 Å². The smallest absolute Gasteiger partial charge is 0.415 e. The summed E-state index contributed by atoms with van der Waals surface area (Å²) in [6, 6.07) is 16.3. The molecule has 0 saturated carbocycles. The first-order chi connectivity index (χ1) is 19.5. The number of piperidine rings is 1. The van der Waals surface area contributed by atoms with Crippen molar-refractivity contribution in [3.05, 3.63) is 77.6 Å². The summed E-state index contributed by atoms with van der Waals surface area (Å²) in [4.78, 5) is 16.4. The highest BCUT2D eigenvalue weighted by Crippen LogP contribution is 2.39. The van der Waals surface area contributed by atoms with E-state index in [2.05, 4.69) is 30.9 Å². The molecule has 0 bridgehead atoms. The number of ether oxygens (including phenoxy) is 2. The lowest BCUT2D eigenvalue weighted by Gasteiger charge is -2.37. The number of hydrogen-bond donors (Lipinski definition) is 1. The lowest BCUT2D eigenvalue weighted by molar-refractivity contribution is -0.00111. The lowest BCUT2D eigenvalue weighted by Crippen LogP contribution is -2.46. The van der Waals surface area contributed by atoms with Crippen molar-refractivity contribution in [3.8, 4) is 16.9 Å². The molecular formula is C31H35FN2O6S. The van der Waals surface area contributed by atoms with Gasteiger partial charge in [0.1, 0.15) is 17.2 Å². The van der Waals surface area contributed by atoms with Gasteiger partial charge in [0.25, 0.3) is 10.1 Å². The Morgan fingerprint density at radius 2 is 1.71 bits per heavy atom. The van der Waals surface area contributed by atoms with Gasteiger partial charge in [-0.1, -0.05) is 26.0 Å². The van der Waals surface area contributed by atoms with Crippen LogP contribution >= 0.6 is 0 Å². The summed E-state index contributed by atoms with van der Waals surface area (Å²) >= 11 is 0. The van der Waals surface area contributed by atoms with Gasteiger partial charge in [-0.2, -0.15) is 8.42 Å². The predicted octanol–water partition coefficient (Wildman–Crippen LogP) is 6.25.